The Hall–Kier alpha value is -1.19. The van der Waals surface area contributed by atoms with Gasteiger partial charge in [-0.3, -0.25) is 0 Å². The summed E-state index contributed by atoms with van der Waals surface area (Å²) in [5.41, 5.74) is 1.67. The average molecular weight is 231 g/mol. The van der Waals surface area contributed by atoms with Crippen LogP contribution in [-0.2, 0) is 18.4 Å². The highest BCUT2D eigenvalue weighted by atomic mass is 32.1. The Morgan fingerprint density at radius 2 is 2.25 bits per heavy atom. The van der Waals surface area contributed by atoms with Crippen LogP contribution in [0.1, 0.15) is 22.6 Å². The van der Waals surface area contributed by atoms with Gasteiger partial charge >= 0.3 is 0 Å². The minimum Gasteiger partial charge on any atom is -0.385 e. The molecule has 16 heavy (non-hydrogen) atoms. The van der Waals surface area contributed by atoms with Crippen molar-refractivity contribution in [3.63, 3.8) is 0 Å². The first-order valence-electron chi connectivity index (χ1n) is 5.47. The van der Waals surface area contributed by atoms with Gasteiger partial charge in [0.25, 0.3) is 0 Å². The fraction of sp³-hybridized carbons (Fsp3) is 0.308. The molecule has 1 unspecified atom stereocenters. The van der Waals surface area contributed by atoms with Gasteiger partial charge in [0.2, 0.25) is 0 Å². The summed E-state index contributed by atoms with van der Waals surface area (Å²) >= 11 is 1.61. The molecule has 82 valence electrons. The standard InChI is InChI=1S/C13H13NOS/c15-13(9-12-14-7-8-16-12)6-5-10-3-1-2-4-11(10)13/h1-4,7-8,15H,5-6,9H2. The number of aryl methyl sites for hydroxylation is 1. The maximum atomic E-state index is 10.7. The van der Waals surface area contributed by atoms with E-state index in [0.717, 1.165) is 23.4 Å². The predicted octanol–water partition coefficient (Wildman–Crippen LogP) is 2.52. The minimum absolute atomic E-state index is 0.641. The number of hydrogen-bond acceptors (Lipinski definition) is 3. The summed E-state index contributed by atoms with van der Waals surface area (Å²) in [4.78, 5) is 4.26. The Kier molecular flexibility index (Phi) is 2.30. The predicted molar refractivity (Wildman–Crippen MR) is 64.5 cm³/mol. The molecule has 1 aromatic carbocycles. The largest absolute Gasteiger partial charge is 0.385 e. The van der Waals surface area contributed by atoms with Crippen LogP contribution in [0.5, 0.6) is 0 Å². The fourth-order valence-electron chi connectivity index (χ4n) is 2.44. The van der Waals surface area contributed by atoms with E-state index in [2.05, 4.69) is 11.1 Å². The van der Waals surface area contributed by atoms with E-state index in [1.807, 2.05) is 23.6 Å². The van der Waals surface area contributed by atoms with Crippen LogP contribution < -0.4 is 0 Å². The van der Waals surface area contributed by atoms with Gasteiger partial charge in [0, 0.05) is 18.0 Å². The quantitative estimate of drug-likeness (QED) is 0.861. The number of nitrogens with zero attached hydrogens (tertiary/aromatic N) is 1. The normalized spacial score (nSPS) is 23.3. The number of fused-ring (bicyclic) bond motifs is 1. The van der Waals surface area contributed by atoms with Crippen molar-refractivity contribution in [2.75, 3.05) is 0 Å². The van der Waals surface area contributed by atoms with Gasteiger partial charge in [-0.15, -0.1) is 11.3 Å². The smallest absolute Gasteiger partial charge is 0.0965 e. The molecule has 0 radical (unpaired) electrons. The van der Waals surface area contributed by atoms with Gasteiger partial charge in [-0.2, -0.15) is 0 Å². The van der Waals surface area contributed by atoms with Crippen LogP contribution in [0, 0.1) is 0 Å². The molecule has 0 fully saturated rings. The number of aliphatic hydroxyl groups is 1. The lowest BCUT2D eigenvalue weighted by atomic mass is 9.93. The second kappa shape index (κ2) is 3.68. The molecule has 1 N–H and O–H groups in total. The Balaban J connectivity index is 1.95. The molecular formula is C13H13NOS. The van der Waals surface area contributed by atoms with Crippen LogP contribution in [0.3, 0.4) is 0 Å². The molecule has 0 saturated carbocycles. The third kappa shape index (κ3) is 1.56. The molecule has 2 nitrogen and oxygen atoms in total. The van der Waals surface area contributed by atoms with Gasteiger partial charge in [0.15, 0.2) is 0 Å². The molecule has 0 amide bonds. The van der Waals surface area contributed by atoms with E-state index < -0.39 is 5.60 Å². The van der Waals surface area contributed by atoms with Gasteiger partial charge in [-0.05, 0) is 24.0 Å². The minimum atomic E-state index is -0.700. The summed E-state index contributed by atoms with van der Waals surface area (Å²) < 4.78 is 0. The summed E-state index contributed by atoms with van der Waals surface area (Å²) in [6, 6.07) is 8.18. The van der Waals surface area contributed by atoms with Crippen LogP contribution in [0.4, 0.5) is 0 Å². The van der Waals surface area contributed by atoms with Gasteiger partial charge < -0.3 is 5.11 Å². The van der Waals surface area contributed by atoms with Gasteiger partial charge in [0.05, 0.1) is 10.6 Å². The number of rotatable bonds is 2. The summed E-state index contributed by atoms with van der Waals surface area (Å²) in [6.07, 6.45) is 4.22. The summed E-state index contributed by atoms with van der Waals surface area (Å²) in [7, 11) is 0. The average Bonchev–Trinajstić information content (AvgIpc) is 2.89. The number of aromatic nitrogens is 1. The lowest BCUT2D eigenvalue weighted by Gasteiger charge is -2.22. The summed E-state index contributed by atoms with van der Waals surface area (Å²) in [5, 5.41) is 13.7. The molecule has 1 atom stereocenters. The van der Waals surface area contributed by atoms with Crippen molar-refractivity contribution in [2.45, 2.75) is 24.9 Å². The number of thiazole rings is 1. The highest BCUT2D eigenvalue weighted by molar-refractivity contribution is 7.09. The van der Waals surface area contributed by atoms with Crippen molar-refractivity contribution in [3.05, 3.63) is 52.0 Å². The highest BCUT2D eigenvalue weighted by Crippen LogP contribution is 2.39. The third-order valence-corrected chi connectivity index (χ3v) is 4.03. The lowest BCUT2D eigenvalue weighted by Crippen LogP contribution is -2.25. The second-order valence-corrected chi connectivity index (χ2v) is 5.27. The summed E-state index contributed by atoms with van der Waals surface area (Å²) in [6.45, 7) is 0. The van der Waals surface area contributed by atoms with E-state index in [9.17, 15) is 5.11 Å². The second-order valence-electron chi connectivity index (χ2n) is 4.29. The SMILES string of the molecule is OC1(Cc2nccs2)CCc2ccccc21. The van der Waals surface area contributed by atoms with Crippen molar-refractivity contribution in [1.29, 1.82) is 0 Å². The number of hydrogen-bond donors (Lipinski definition) is 1. The van der Waals surface area contributed by atoms with E-state index in [0.29, 0.717) is 6.42 Å². The molecule has 1 aliphatic carbocycles. The molecule has 3 heteroatoms. The van der Waals surface area contributed by atoms with Crippen molar-refractivity contribution >= 4 is 11.3 Å². The van der Waals surface area contributed by atoms with Crippen LogP contribution >= 0.6 is 11.3 Å². The maximum absolute atomic E-state index is 10.7. The van der Waals surface area contributed by atoms with Crippen molar-refractivity contribution < 1.29 is 5.11 Å². The van der Waals surface area contributed by atoms with Crippen LogP contribution in [0.2, 0.25) is 0 Å². The molecule has 1 aromatic heterocycles. The van der Waals surface area contributed by atoms with E-state index in [1.54, 1.807) is 17.5 Å². The van der Waals surface area contributed by atoms with E-state index in [-0.39, 0.29) is 0 Å². The maximum Gasteiger partial charge on any atom is 0.0965 e. The zero-order chi connectivity index (χ0) is 11.0. The molecular weight excluding hydrogens is 218 g/mol. The first kappa shape index (κ1) is 10.00. The van der Waals surface area contributed by atoms with Gasteiger partial charge in [0.1, 0.15) is 0 Å². The van der Waals surface area contributed by atoms with Gasteiger partial charge in [-0.25, -0.2) is 4.98 Å². The van der Waals surface area contributed by atoms with Crippen molar-refractivity contribution in [1.82, 2.24) is 4.98 Å². The zero-order valence-electron chi connectivity index (χ0n) is 8.89. The molecule has 3 rings (SSSR count). The van der Waals surface area contributed by atoms with Crippen LogP contribution in [0.25, 0.3) is 0 Å². The lowest BCUT2D eigenvalue weighted by molar-refractivity contribution is 0.0389. The van der Waals surface area contributed by atoms with Crippen molar-refractivity contribution in [3.8, 4) is 0 Å². The Bertz CT molecular complexity index is 494. The first-order valence-corrected chi connectivity index (χ1v) is 6.35. The Labute approximate surface area is 98.6 Å². The highest BCUT2D eigenvalue weighted by Gasteiger charge is 2.36. The zero-order valence-corrected chi connectivity index (χ0v) is 9.70. The Morgan fingerprint density at radius 1 is 1.38 bits per heavy atom. The Morgan fingerprint density at radius 3 is 3.06 bits per heavy atom. The van der Waals surface area contributed by atoms with E-state index >= 15 is 0 Å². The van der Waals surface area contributed by atoms with Crippen molar-refractivity contribution in [2.24, 2.45) is 0 Å². The molecule has 2 aromatic rings. The van der Waals surface area contributed by atoms with E-state index in [4.69, 9.17) is 0 Å². The summed E-state index contributed by atoms with van der Waals surface area (Å²) in [5.74, 6) is 0. The number of benzene rings is 1. The van der Waals surface area contributed by atoms with E-state index in [1.165, 1.54) is 5.56 Å². The van der Waals surface area contributed by atoms with Crippen LogP contribution in [-0.4, -0.2) is 10.1 Å². The third-order valence-electron chi connectivity index (χ3n) is 3.25. The fourth-order valence-corrected chi connectivity index (χ4v) is 3.17. The topological polar surface area (TPSA) is 33.1 Å². The molecule has 1 aliphatic rings. The molecule has 0 saturated heterocycles. The molecule has 0 bridgehead atoms. The monoisotopic (exact) mass is 231 g/mol. The first-order chi connectivity index (χ1) is 7.78. The molecule has 0 spiro atoms. The van der Waals surface area contributed by atoms with Gasteiger partial charge in [-0.1, -0.05) is 24.3 Å². The van der Waals surface area contributed by atoms with Crippen LogP contribution in [0.15, 0.2) is 35.8 Å². The molecule has 0 aliphatic heterocycles. The molecule has 1 heterocycles.